The SMILES string of the molecule is CCC(Oc1cn2c(c1OC)C=[N+]([O-])C1=CC=C(c3ccc(OC)cc3)CC1C2)O[C@@H]1C(c2ccc(NC(=O)C(C)NC(=O)C(NC(=O)CI)C(C)C)cc2)=CC=C2C1Cn1ccc(OC)c1C=[N+]2[O-]. The highest BCUT2D eigenvalue weighted by molar-refractivity contribution is 14.1. The van der Waals surface area contributed by atoms with E-state index < -0.39 is 42.2 Å². The molecule has 8 rings (SSSR count). The Morgan fingerprint density at radius 2 is 1.49 bits per heavy atom. The zero-order chi connectivity index (χ0) is 49.8. The topological polar surface area (TPSA) is 195 Å². The van der Waals surface area contributed by atoms with Crippen molar-refractivity contribution >= 4 is 69.6 Å². The summed E-state index contributed by atoms with van der Waals surface area (Å²) in [6.07, 6.45) is 13.8. The number of amides is 3. The van der Waals surface area contributed by atoms with Crippen LogP contribution in [0, 0.1) is 28.2 Å². The van der Waals surface area contributed by atoms with Crippen molar-refractivity contribution in [2.24, 2.45) is 17.8 Å². The van der Waals surface area contributed by atoms with Gasteiger partial charge >= 0.3 is 0 Å². The van der Waals surface area contributed by atoms with Gasteiger partial charge in [0.2, 0.25) is 42.1 Å². The van der Waals surface area contributed by atoms with Gasteiger partial charge in [-0.3, -0.25) is 14.4 Å². The van der Waals surface area contributed by atoms with Crippen LogP contribution in [-0.4, -0.2) is 99.0 Å². The van der Waals surface area contributed by atoms with E-state index in [-0.39, 0.29) is 22.2 Å². The Morgan fingerprint density at radius 1 is 0.786 bits per heavy atom. The summed E-state index contributed by atoms with van der Waals surface area (Å²) in [5.41, 5.74) is 6.52. The van der Waals surface area contributed by atoms with Gasteiger partial charge in [-0.05, 0) is 77.9 Å². The highest BCUT2D eigenvalue weighted by atomic mass is 127. The molecular formula is C52H58IN7O10. The number of anilines is 1. The number of nitrogens with zero attached hydrogens (tertiary/aromatic N) is 4. The minimum Gasteiger partial charge on any atom is -0.618 e. The number of halogens is 1. The lowest BCUT2D eigenvalue weighted by atomic mass is 9.84. The van der Waals surface area contributed by atoms with Crippen LogP contribution in [0.3, 0.4) is 0 Å². The normalized spacial score (nSPS) is 19.5. The Labute approximate surface area is 420 Å². The number of methoxy groups -OCH3 is 3. The van der Waals surface area contributed by atoms with Crippen LogP contribution >= 0.6 is 22.6 Å². The van der Waals surface area contributed by atoms with Crippen molar-refractivity contribution in [1.82, 2.24) is 19.8 Å². The molecule has 17 nitrogen and oxygen atoms in total. The first-order valence-corrected chi connectivity index (χ1v) is 24.7. The number of carbonyl (C=O) groups is 3. The van der Waals surface area contributed by atoms with E-state index in [4.69, 9.17) is 23.7 Å². The lowest BCUT2D eigenvalue weighted by molar-refractivity contribution is -0.407. The standard InChI is InChI=1S/C52H58IN7O10/c1-8-47(69-45-29-58-25-35-23-34(32-11-16-37(66-5)17-12-32)13-19-40(35)59(64)28-43(58)50(45)68-7)70-49-38(18-20-41-39(49)26-57-22-21-44(67-6)42(57)27-60(41)65)33-9-14-36(15-10-33)55-51(62)31(4)54-52(63)48(30(2)3)56-46(61)24-53/h9-22,27-31,35,39,47-49H,8,23-26H2,1-7H3,(H,54,63)(H,55,62)(H,56,61)/t31?,35?,39?,47?,48?,49-/m1/s1. The van der Waals surface area contributed by atoms with Crippen LogP contribution in [0.4, 0.5) is 5.69 Å². The van der Waals surface area contributed by atoms with Gasteiger partial charge in [-0.25, -0.2) is 0 Å². The van der Waals surface area contributed by atoms with Crippen LogP contribution in [0.15, 0.2) is 103 Å². The maximum atomic E-state index is 13.9. The second kappa shape index (κ2) is 21.5. The number of hydroxylamine groups is 2. The molecule has 0 saturated heterocycles. The molecule has 0 radical (unpaired) electrons. The van der Waals surface area contributed by atoms with Gasteiger partial charge in [0.25, 0.3) is 0 Å². The minimum absolute atomic E-state index is 0.133. The fourth-order valence-electron chi connectivity index (χ4n) is 9.29. The maximum absolute atomic E-state index is 13.9. The highest BCUT2D eigenvalue weighted by Gasteiger charge is 2.42. The number of ether oxygens (including phenoxy) is 5. The molecule has 2 aromatic carbocycles. The zero-order valence-corrected chi connectivity index (χ0v) is 42.3. The number of rotatable bonds is 17. The first kappa shape index (κ1) is 49.6. The van der Waals surface area contributed by atoms with Crippen LogP contribution in [0.5, 0.6) is 23.0 Å². The fourth-order valence-corrected chi connectivity index (χ4v) is 9.51. The molecule has 18 heteroatoms. The molecule has 3 N–H and O–H groups in total. The number of benzene rings is 2. The lowest BCUT2D eigenvalue weighted by Gasteiger charge is -2.34. The van der Waals surface area contributed by atoms with Gasteiger partial charge in [0.05, 0.1) is 43.8 Å². The number of hydrogen-bond donors (Lipinski definition) is 3. The number of fused-ring (bicyclic) bond motifs is 4. The predicted octanol–water partition coefficient (Wildman–Crippen LogP) is 7.01. The summed E-state index contributed by atoms with van der Waals surface area (Å²) in [5.74, 6) is 0.135. The van der Waals surface area contributed by atoms with Crippen molar-refractivity contribution in [3.63, 3.8) is 0 Å². The summed E-state index contributed by atoms with van der Waals surface area (Å²) in [7, 11) is 4.74. The third-order valence-corrected chi connectivity index (χ3v) is 13.7. The largest absolute Gasteiger partial charge is 0.618 e. The number of nitrogens with one attached hydrogen (secondary N) is 3. The predicted molar refractivity (Wildman–Crippen MR) is 274 cm³/mol. The Kier molecular flexibility index (Phi) is 15.2. The van der Waals surface area contributed by atoms with E-state index in [0.717, 1.165) is 37.5 Å². The van der Waals surface area contributed by atoms with E-state index in [0.29, 0.717) is 71.6 Å². The van der Waals surface area contributed by atoms with Crippen LogP contribution in [-0.2, 0) is 32.2 Å². The van der Waals surface area contributed by atoms with E-state index in [1.165, 1.54) is 12.4 Å². The molecule has 4 aliphatic rings. The van der Waals surface area contributed by atoms with Crippen LogP contribution in [0.2, 0.25) is 0 Å². The molecule has 0 spiro atoms. The summed E-state index contributed by atoms with van der Waals surface area (Å²) in [5, 5.41) is 36.0. The zero-order valence-electron chi connectivity index (χ0n) is 40.1. The molecule has 2 aliphatic carbocycles. The molecule has 2 aromatic heterocycles. The molecule has 2 aliphatic heterocycles. The van der Waals surface area contributed by atoms with E-state index >= 15 is 0 Å². The number of aromatic nitrogens is 2. The lowest BCUT2D eigenvalue weighted by Crippen LogP contribution is -2.53. The Hall–Kier alpha value is -6.80. The van der Waals surface area contributed by atoms with Gasteiger partial charge in [-0.1, -0.05) is 73.7 Å². The smallest absolute Gasteiger partial charge is 0.246 e. The summed E-state index contributed by atoms with van der Waals surface area (Å²) in [4.78, 5) is 38.5. The Morgan fingerprint density at radius 3 is 2.16 bits per heavy atom. The number of hydrogen-bond acceptors (Lipinski definition) is 10. The molecule has 4 heterocycles. The van der Waals surface area contributed by atoms with E-state index in [2.05, 4.69) is 16.0 Å². The molecule has 0 bridgehead atoms. The van der Waals surface area contributed by atoms with Crippen molar-refractivity contribution < 1.29 is 47.5 Å². The average Bonchev–Trinajstić information content (AvgIpc) is 3.80. The quantitative estimate of drug-likeness (QED) is 0.0326. The number of carbonyl (C=O) groups excluding carboxylic acids is 3. The summed E-state index contributed by atoms with van der Waals surface area (Å²) < 4.78 is 36.6. The Balaban J connectivity index is 1.04. The van der Waals surface area contributed by atoms with Gasteiger partial charge in [0.1, 0.15) is 35.4 Å². The molecule has 6 atom stereocenters. The van der Waals surface area contributed by atoms with E-state index in [1.54, 1.807) is 46.5 Å². The molecular weight excluding hydrogens is 1010 g/mol. The fraction of sp³-hybridized carbons (Fsp3) is 0.365. The highest BCUT2D eigenvalue weighted by Crippen LogP contribution is 2.42. The molecule has 5 unspecified atom stereocenters. The number of allylic oxidation sites excluding steroid dienone is 6. The summed E-state index contributed by atoms with van der Waals surface area (Å²) >= 11 is 1.93. The van der Waals surface area contributed by atoms with Crippen molar-refractivity contribution in [3.8, 4) is 23.0 Å². The van der Waals surface area contributed by atoms with Gasteiger partial charge in [0, 0.05) is 43.5 Å². The molecule has 70 heavy (non-hydrogen) atoms. The van der Waals surface area contributed by atoms with Gasteiger partial charge in [-0.15, -0.1) is 0 Å². The van der Waals surface area contributed by atoms with Crippen LogP contribution in [0.1, 0.15) is 63.1 Å². The first-order chi connectivity index (χ1) is 33.7. The average molecular weight is 1070 g/mol. The van der Waals surface area contributed by atoms with Gasteiger partial charge in [-0.2, -0.15) is 9.48 Å². The summed E-state index contributed by atoms with van der Waals surface area (Å²) in [6, 6.07) is 15.3. The third-order valence-electron chi connectivity index (χ3n) is 13.0. The molecule has 4 aromatic rings. The number of alkyl halides is 1. The van der Waals surface area contributed by atoms with Crippen molar-refractivity contribution in [2.45, 2.75) is 78.1 Å². The molecule has 0 saturated carbocycles. The summed E-state index contributed by atoms with van der Waals surface area (Å²) in [6.45, 7) is 8.03. The van der Waals surface area contributed by atoms with Crippen molar-refractivity contribution in [1.29, 1.82) is 0 Å². The molecule has 0 fully saturated rings. The third kappa shape index (κ3) is 10.4. The van der Waals surface area contributed by atoms with Crippen LogP contribution in [0.25, 0.3) is 11.1 Å². The first-order valence-electron chi connectivity index (χ1n) is 23.2. The second-order valence-corrected chi connectivity index (χ2v) is 18.6. The van der Waals surface area contributed by atoms with Crippen molar-refractivity contribution in [3.05, 3.63) is 136 Å². The van der Waals surface area contributed by atoms with E-state index in [1.807, 2.05) is 126 Å². The second-order valence-electron chi connectivity index (χ2n) is 17.9. The van der Waals surface area contributed by atoms with Crippen LogP contribution < -0.4 is 34.9 Å². The Bertz CT molecular complexity index is 2820. The van der Waals surface area contributed by atoms with Gasteiger partial charge < -0.3 is 59.2 Å². The minimum atomic E-state index is -0.902. The monoisotopic (exact) mass is 1070 g/mol. The molecule has 368 valence electrons. The van der Waals surface area contributed by atoms with Crippen molar-refractivity contribution in [2.75, 3.05) is 31.1 Å². The van der Waals surface area contributed by atoms with Gasteiger partial charge in [0.15, 0.2) is 22.9 Å². The van der Waals surface area contributed by atoms with E-state index in [9.17, 15) is 24.8 Å². The maximum Gasteiger partial charge on any atom is 0.246 e. The molecule has 3 amide bonds.